The summed E-state index contributed by atoms with van der Waals surface area (Å²) in [4.78, 5) is 17.6. The van der Waals surface area contributed by atoms with Crippen LogP contribution < -0.4 is 5.32 Å². The fourth-order valence-electron chi connectivity index (χ4n) is 2.01. The third kappa shape index (κ3) is 6.47. The summed E-state index contributed by atoms with van der Waals surface area (Å²) in [6.07, 6.45) is 1.15. The van der Waals surface area contributed by atoms with Crippen LogP contribution in [0.2, 0.25) is 0 Å². The van der Waals surface area contributed by atoms with E-state index in [-0.39, 0.29) is 5.97 Å². The molecule has 0 fully saturated rings. The first-order valence-electron chi connectivity index (χ1n) is 7.39. The summed E-state index contributed by atoms with van der Waals surface area (Å²) in [6, 6.07) is 8.12. The quantitative estimate of drug-likeness (QED) is 0.347. The second kappa shape index (κ2) is 10.2. The minimum absolute atomic E-state index is 0.152. The van der Waals surface area contributed by atoms with Gasteiger partial charge < -0.3 is 15.0 Å². The summed E-state index contributed by atoms with van der Waals surface area (Å²) in [5, 5.41) is 3.26. The Kier molecular flexibility index (Phi) is 8.58. The van der Waals surface area contributed by atoms with Crippen molar-refractivity contribution in [1.82, 2.24) is 10.2 Å². The maximum Gasteiger partial charge on any atom is 0.305 e. The van der Waals surface area contributed by atoms with E-state index in [0.29, 0.717) is 19.6 Å². The van der Waals surface area contributed by atoms with Gasteiger partial charge in [-0.1, -0.05) is 34.1 Å². The zero-order valence-corrected chi connectivity index (χ0v) is 15.0. The molecule has 122 valence electrons. The molecule has 0 radical (unpaired) electrons. The second-order valence-electron chi connectivity index (χ2n) is 4.83. The molecule has 0 saturated carbocycles. The number of nitrogens with zero attached hydrogens (tertiary/aromatic N) is 2. The van der Waals surface area contributed by atoms with Crippen LogP contribution in [0.15, 0.2) is 33.7 Å². The number of hydrogen-bond acceptors (Lipinski definition) is 3. The molecule has 0 heterocycles. The first kappa shape index (κ1) is 18.5. The van der Waals surface area contributed by atoms with Gasteiger partial charge >= 0.3 is 5.97 Å². The highest BCUT2D eigenvalue weighted by Gasteiger charge is 2.08. The van der Waals surface area contributed by atoms with Gasteiger partial charge in [-0.25, -0.2) is 0 Å². The molecular formula is C16H24BrN3O2. The summed E-state index contributed by atoms with van der Waals surface area (Å²) in [5.74, 6) is 0.653. The van der Waals surface area contributed by atoms with E-state index in [9.17, 15) is 4.79 Å². The Morgan fingerprint density at radius 1 is 1.41 bits per heavy atom. The van der Waals surface area contributed by atoms with Crippen molar-refractivity contribution in [2.45, 2.75) is 26.3 Å². The molecular weight excluding hydrogens is 346 g/mol. The van der Waals surface area contributed by atoms with Crippen molar-refractivity contribution in [3.63, 3.8) is 0 Å². The van der Waals surface area contributed by atoms with Crippen molar-refractivity contribution in [1.29, 1.82) is 0 Å². The molecule has 0 aromatic heterocycles. The zero-order chi connectivity index (χ0) is 16.4. The predicted molar refractivity (Wildman–Crippen MR) is 92.8 cm³/mol. The molecule has 1 aromatic rings. The van der Waals surface area contributed by atoms with Crippen LogP contribution in [0, 0.1) is 0 Å². The Morgan fingerprint density at radius 3 is 2.77 bits per heavy atom. The lowest BCUT2D eigenvalue weighted by Gasteiger charge is -2.22. The van der Waals surface area contributed by atoms with Crippen molar-refractivity contribution in [3.8, 4) is 0 Å². The maximum absolute atomic E-state index is 11.3. The van der Waals surface area contributed by atoms with Gasteiger partial charge in [-0.2, -0.15) is 0 Å². The first-order chi connectivity index (χ1) is 10.6. The molecule has 0 amide bonds. The summed E-state index contributed by atoms with van der Waals surface area (Å²) < 4.78 is 5.99. The zero-order valence-electron chi connectivity index (χ0n) is 13.4. The van der Waals surface area contributed by atoms with Gasteiger partial charge in [0.2, 0.25) is 0 Å². The molecule has 0 spiro atoms. The Hall–Kier alpha value is -1.56. The van der Waals surface area contributed by atoms with E-state index < -0.39 is 0 Å². The van der Waals surface area contributed by atoms with Gasteiger partial charge in [-0.3, -0.25) is 9.79 Å². The van der Waals surface area contributed by atoms with E-state index in [1.54, 1.807) is 7.05 Å². The molecule has 0 aliphatic rings. The lowest BCUT2D eigenvalue weighted by atomic mass is 10.2. The van der Waals surface area contributed by atoms with E-state index in [1.165, 1.54) is 5.56 Å². The van der Waals surface area contributed by atoms with Crippen molar-refractivity contribution >= 4 is 27.9 Å². The number of guanidine groups is 1. The van der Waals surface area contributed by atoms with Gasteiger partial charge in [0.05, 0.1) is 6.61 Å². The maximum atomic E-state index is 11.3. The Morgan fingerprint density at radius 2 is 2.14 bits per heavy atom. The average molecular weight is 370 g/mol. The summed E-state index contributed by atoms with van der Waals surface area (Å²) in [6.45, 7) is 3.68. The highest BCUT2D eigenvalue weighted by atomic mass is 79.9. The number of benzene rings is 1. The molecule has 0 atom stereocenters. The highest BCUT2D eigenvalue weighted by Crippen LogP contribution is 2.17. The predicted octanol–water partition coefficient (Wildman–Crippen LogP) is 2.80. The minimum atomic E-state index is -0.152. The average Bonchev–Trinajstić information content (AvgIpc) is 2.50. The third-order valence-electron chi connectivity index (χ3n) is 3.08. The van der Waals surface area contributed by atoms with Crippen LogP contribution in [0.1, 0.15) is 25.3 Å². The number of nitrogens with one attached hydrogen (secondary N) is 1. The number of aliphatic imine (C=N–C) groups is 1. The molecule has 6 heteroatoms. The van der Waals surface area contributed by atoms with Crippen molar-refractivity contribution < 1.29 is 9.53 Å². The summed E-state index contributed by atoms with van der Waals surface area (Å²) in [5.41, 5.74) is 1.19. The monoisotopic (exact) mass is 369 g/mol. The fourth-order valence-corrected chi connectivity index (χ4v) is 2.42. The molecule has 0 bridgehead atoms. The van der Waals surface area contributed by atoms with Crippen LogP contribution >= 0.6 is 15.9 Å². The van der Waals surface area contributed by atoms with Gasteiger partial charge in [0.25, 0.3) is 0 Å². The highest BCUT2D eigenvalue weighted by molar-refractivity contribution is 9.10. The number of carbonyl (C=O) groups is 1. The molecule has 0 unspecified atom stereocenters. The van der Waals surface area contributed by atoms with Gasteiger partial charge in [-0.05, 0) is 25.0 Å². The van der Waals surface area contributed by atoms with Crippen LogP contribution in [-0.4, -0.2) is 44.1 Å². The summed E-state index contributed by atoms with van der Waals surface area (Å²) >= 11 is 3.55. The topological polar surface area (TPSA) is 53.9 Å². The largest absolute Gasteiger partial charge is 0.466 e. The van der Waals surface area contributed by atoms with Crippen LogP contribution in [0.3, 0.4) is 0 Å². The van der Waals surface area contributed by atoms with Crippen LogP contribution in [-0.2, 0) is 16.1 Å². The first-order valence-corrected chi connectivity index (χ1v) is 8.18. The molecule has 1 N–H and O–H groups in total. The fraction of sp³-hybridized carbons (Fsp3) is 0.500. The molecule has 0 saturated heterocycles. The van der Waals surface area contributed by atoms with Gasteiger partial charge in [-0.15, -0.1) is 0 Å². The minimum Gasteiger partial charge on any atom is -0.466 e. The molecule has 1 aromatic carbocycles. The SMILES string of the molecule is CCOC(=O)CCCNC(=NC)N(C)Cc1ccccc1Br. The van der Waals surface area contributed by atoms with Crippen molar-refractivity contribution in [3.05, 3.63) is 34.3 Å². The van der Waals surface area contributed by atoms with Crippen LogP contribution in [0.5, 0.6) is 0 Å². The van der Waals surface area contributed by atoms with Crippen molar-refractivity contribution in [2.24, 2.45) is 4.99 Å². The standard InChI is InChI=1S/C16H24BrN3O2/c1-4-22-15(21)10-7-11-19-16(18-2)20(3)12-13-8-5-6-9-14(13)17/h5-6,8-9H,4,7,10-12H2,1-3H3,(H,18,19). The third-order valence-corrected chi connectivity index (χ3v) is 3.86. The number of esters is 1. The number of hydrogen-bond donors (Lipinski definition) is 1. The van der Waals surface area contributed by atoms with Gasteiger partial charge in [0, 0.05) is 38.1 Å². The number of ether oxygens (including phenoxy) is 1. The summed E-state index contributed by atoms with van der Waals surface area (Å²) in [7, 11) is 3.74. The second-order valence-corrected chi connectivity index (χ2v) is 5.68. The Labute approximate surface area is 140 Å². The van der Waals surface area contributed by atoms with Gasteiger partial charge in [0.15, 0.2) is 5.96 Å². The molecule has 5 nitrogen and oxygen atoms in total. The van der Waals surface area contributed by atoms with E-state index >= 15 is 0 Å². The Balaban J connectivity index is 2.41. The molecule has 22 heavy (non-hydrogen) atoms. The Bertz CT molecular complexity index is 506. The van der Waals surface area contributed by atoms with E-state index in [1.807, 2.05) is 37.1 Å². The molecule has 0 aliphatic carbocycles. The normalized spacial score (nSPS) is 11.2. The van der Waals surface area contributed by atoms with Crippen LogP contribution in [0.4, 0.5) is 0 Å². The lowest BCUT2D eigenvalue weighted by molar-refractivity contribution is -0.143. The van der Waals surface area contributed by atoms with E-state index in [4.69, 9.17) is 4.74 Å². The number of halogens is 1. The smallest absolute Gasteiger partial charge is 0.305 e. The number of rotatable bonds is 7. The van der Waals surface area contributed by atoms with Gasteiger partial charge in [0.1, 0.15) is 0 Å². The lowest BCUT2D eigenvalue weighted by Crippen LogP contribution is -2.39. The van der Waals surface area contributed by atoms with Crippen molar-refractivity contribution in [2.75, 3.05) is 27.2 Å². The molecule has 0 aliphatic heterocycles. The van der Waals surface area contributed by atoms with E-state index in [0.717, 1.165) is 23.4 Å². The van der Waals surface area contributed by atoms with E-state index in [2.05, 4.69) is 32.3 Å². The molecule has 1 rings (SSSR count). The van der Waals surface area contributed by atoms with Crippen LogP contribution in [0.25, 0.3) is 0 Å². The number of carbonyl (C=O) groups excluding carboxylic acids is 1.